The van der Waals surface area contributed by atoms with Gasteiger partial charge >= 0.3 is 29.7 Å². The van der Waals surface area contributed by atoms with Crippen LogP contribution in [0.3, 0.4) is 0 Å². The molecule has 0 aromatic carbocycles. The summed E-state index contributed by atoms with van der Waals surface area (Å²) in [7, 11) is 0. The minimum absolute atomic E-state index is 0.00657. The van der Waals surface area contributed by atoms with E-state index in [0.717, 1.165) is 0 Å². The first-order valence-electron chi connectivity index (χ1n) is 6.14. The number of aliphatic carboxylic acids is 1. The van der Waals surface area contributed by atoms with Crippen LogP contribution in [0.1, 0.15) is 19.3 Å². The van der Waals surface area contributed by atoms with Gasteiger partial charge in [0.2, 0.25) is 0 Å². The summed E-state index contributed by atoms with van der Waals surface area (Å²) in [5.74, 6) is -25.0. The SMILES string of the molecule is O=C(O)C(F)(F)C(F)(F)C(F)(F)C(=O)OC1CC2CCC1O2. The van der Waals surface area contributed by atoms with Gasteiger partial charge in [-0.2, -0.15) is 26.3 Å². The summed E-state index contributed by atoms with van der Waals surface area (Å²) < 4.78 is 87.8. The van der Waals surface area contributed by atoms with Crippen LogP contribution in [0.25, 0.3) is 0 Å². The molecule has 2 fully saturated rings. The van der Waals surface area contributed by atoms with Crippen LogP contribution < -0.4 is 0 Å². The van der Waals surface area contributed by atoms with E-state index >= 15 is 0 Å². The first-order chi connectivity index (χ1) is 9.91. The predicted molar refractivity (Wildman–Crippen MR) is 54.9 cm³/mol. The summed E-state index contributed by atoms with van der Waals surface area (Å²) in [6.45, 7) is 0. The van der Waals surface area contributed by atoms with Crippen LogP contribution in [0.15, 0.2) is 0 Å². The number of alkyl halides is 6. The minimum Gasteiger partial charge on any atom is -0.477 e. The Bertz CT molecular complexity index is 493. The van der Waals surface area contributed by atoms with Crippen LogP contribution in [-0.4, -0.2) is 53.1 Å². The summed E-state index contributed by atoms with van der Waals surface area (Å²) in [4.78, 5) is 21.2. The zero-order valence-corrected chi connectivity index (χ0v) is 10.7. The molecule has 0 saturated carbocycles. The largest absolute Gasteiger partial charge is 0.477 e. The molecule has 0 aliphatic carbocycles. The number of carbonyl (C=O) groups excluding carboxylic acids is 1. The number of esters is 1. The summed E-state index contributed by atoms with van der Waals surface area (Å²) in [5.41, 5.74) is 0. The number of fused-ring (bicyclic) bond motifs is 2. The molecule has 3 atom stereocenters. The molecule has 2 rings (SSSR count). The van der Waals surface area contributed by atoms with Crippen molar-refractivity contribution in [3.8, 4) is 0 Å². The molecule has 0 amide bonds. The van der Waals surface area contributed by atoms with E-state index in [-0.39, 0.29) is 12.5 Å². The van der Waals surface area contributed by atoms with E-state index in [9.17, 15) is 35.9 Å². The zero-order valence-electron chi connectivity index (χ0n) is 10.7. The van der Waals surface area contributed by atoms with Crippen molar-refractivity contribution < 1.29 is 50.5 Å². The number of hydrogen-bond acceptors (Lipinski definition) is 4. The number of carboxylic acids is 1. The molecule has 2 aliphatic rings. The van der Waals surface area contributed by atoms with Gasteiger partial charge in [0.25, 0.3) is 0 Å². The van der Waals surface area contributed by atoms with Gasteiger partial charge in [0.05, 0.1) is 12.2 Å². The zero-order chi connectivity index (χ0) is 16.9. The van der Waals surface area contributed by atoms with Crippen molar-refractivity contribution in [1.82, 2.24) is 0 Å². The van der Waals surface area contributed by atoms with E-state index < -0.39 is 41.9 Å². The highest BCUT2D eigenvalue weighted by Gasteiger charge is 2.79. The van der Waals surface area contributed by atoms with Gasteiger partial charge < -0.3 is 14.6 Å². The highest BCUT2D eigenvalue weighted by atomic mass is 19.3. The average Bonchev–Trinajstić information content (AvgIpc) is 3.00. The van der Waals surface area contributed by atoms with Crippen LogP contribution in [0.4, 0.5) is 26.3 Å². The standard InChI is InChI=1S/C11H10F6O5/c12-9(13,7(18)19)11(16,17)10(14,15)8(20)22-6-3-4-1-2-5(6)21-4/h4-6H,1-3H2,(H,18,19). The number of carboxylic acid groups (broad SMARTS) is 1. The van der Waals surface area contributed by atoms with Crippen LogP contribution in [0, 0.1) is 0 Å². The van der Waals surface area contributed by atoms with E-state index in [1.165, 1.54) is 0 Å². The molecule has 3 unspecified atom stereocenters. The Morgan fingerprint density at radius 2 is 1.64 bits per heavy atom. The maximum absolute atomic E-state index is 13.3. The van der Waals surface area contributed by atoms with E-state index in [0.29, 0.717) is 12.8 Å². The van der Waals surface area contributed by atoms with Crippen LogP contribution in [0.5, 0.6) is 0 Å². The van der Waals surface area contributed by atoms with Crippen molar-refractivity contribution in [1.29, 1.82) is 0 Å². The first-order valence-corrected chi connectivity index (χ1v) is 6.14. The van der Waals surface area contributed by atoms with Crippen molar-refractivity contribution in [3.05, 3.63) is 0 Å². The van der Waals surface area contributed by atoms with E-state index in [1.807, 2.05) is 0 Å². The summed E-state index contributed by atoms with van der Waals surface area (Å²) in [5, 5.41) is 7.96. The third-order valence-corrected chi connectivity index (χ3v) is 3.62. The van der Waals surface area contributed by atoms with Gasteiger partial charge in [0.15, 0.2) is 0 Å². The molecule has 1 N–H and O–H groups in total. The van der Waals surface area contributed by atoms with E-state index in [4.69, 9.17) is 9.84 Å². The smallest absolute Gasteiger partial charge is 0.411 e. The highest BCUT2D eigenvalue weighted by molar-refractivity contribution is 5.84. The average molecular weight is 336 g/mol. The molecule has 0 aromatic rings. The molecule has 2 aliphatic heterocycles. The molecule has 22 heavy (non-hydrogen) atoms. The second-order valence-corrected chi connectivity index (χ2v) is 5.08. The lowest BCUT2D eigenvalue weighted by Crippen LogP contribution is -2.61. The maximum Gasteiger partial charge on any atom is 0.411 e. The van der Waals surface area contributed by atoms with Gasteiger partial charge in [-0.25, -0.2) is 9.59 Å². The summed E-state index contributed by atoms with van der Waals surface area (Å²) >= 11 is 0. The molecule has 0 radical (unpaired) electrons. The topological polar surface area (TPSA) is 72.8 Å². The molecule has 2 bridgehead atoms. The Balaban J connectivity index is 2.14. The number of carbonyl (C=O) groups is 2. The Morgan fingerprint density at radius 3 is 2.05 bits per heavy atom. The normalized spacial score (nSPS) is 28.7. The lowest BCUT2D eigenvalue weighted by atomic mass is 9.97. The Hall–Kier alpha value is -1.52. The van der Waals surface area contributed by atoms with Gasteiger partial charge in [-0.3, -0.25) is 0 Å². The molecule has 2 heterocycles. The molecular formula is C11H10F6O5. The fourth-order valence-electron chi connectivity index (χ4n) is 2.39. The molecule has 5 nitrogen and oxygen atoms in total. The Labute approximate surface area is 119 Å². The monoisotopic (exact) mass is 336 g/mol. The second kappa shape index (κ2) is 5.00. The summed E-state index contributed by atoms with van der Waals surface area (Å²) in [6.07, 6.45) is -1.42. The molecule has 2 saturated heterocycles. The minimum atomic E-state index is -6.44. The third kappa shape index (κ3) is 2.31. The number of rotatable bonds is 5. The van der Waals surface area contributed by atoms with Crippen molar-refractivity contribution in [2.75, 3.05) is 0 Å². The van der Waals surface area contributed by atoms with Crippen LogP contribution in [-0.2, 0) is 19.1 Å². The molecule has 126 valence electrons. The van der Waals surface area contributed by atoms with Crippen molar-refractivity contribution >= 4 is 11.9 Å². The summed E-state index contributed by atoms with van der Waals surface area (Å²) in [6, 6.07) is 0. The Morgan fingerprint density at radius 1 is 1.05 bits per heavy atom. The number of hydrogen-bond donors (Lipinski definition) is 1. The van der Waals surface area contributed by atoms with Crippen molar-refractivity contribution in [2.45, 2.75) is 55.3 Å². The lowest BCUT2D eigenvalue weighted by molar-refractivity contribution is -0.301. The van der Waals surface area contributed by atoms with Gasteiger partial charge in [-0.15, -0.1) is 0 Å². The van der Waals surface area contributed by atoms with Crippen LogP contribution in [0.2, 0.25) is 0 Å². The van der Waals surface area contributed by atoms with Gasteiger partial charge in [0.1, 0.15) is 6.10 Å². The third-order valence-electron chi connectivity index (χ3n) is 3.62. The Kier molecular flexibility index (Phi) is 3.83. The highest BCUT2D eigenvalue weighted by Crippen LogP contribution is 2.47. The quantitative estimate of drug-likeness (QED) is 0.613. The fraction of sp³-hybridized carbons (Fsp3) is 0.818. The molecule has 0 spiro atoms. The van der Waals surface area contributed by atoms with Gasteiger partial charge in [0, 0.05) is 6.42 Å². The second-order valence-electron chi connectivity index (χ2n) is 5.08. The molecule has 11 heteroatoms. The predicted octanol–water partition coefficient (Wildman–Crippen LogP) is 1.84. The van der Waals surface area contributed by atoms with Crippen molar-refractivity contribution in [2.24, 2.45) is 0 Å². The van der Waals surface area contributed by atoms with Gasteiger partial charge in [-0.1, -0.05) is 0 Å². The number of halogens is 6. The molecular weight excluding hydrogens is 326 g/mol. The fourth-order valence-corrected chi connectivity index (χ4v) is 2.39. The van der Waals surface area contributed by atoms with E-state index in [1.54, 1.807) is 0 Å². The van der Waals surface area contributed by atoms with Crippen LogP contribution >= 0.6 is 0 Å². The maximum atomic E-state index is 13.3. The molecule has 0 aromatic heterocycles. The van der Waals surface area contributed by atoms with Crippen molar-refractivity contribution in [3.63, 3.8) is 0 Å². The first kappa shape index (κ1) is 16.8. The lowest BCUT2D eigenvalue weighted by Gasteiger charge is -2.30. The van der Waals surface area contributed by atoms with E-state index in [2.05, 4.69) is 4.74 Å². The number of ether oxygens (including phenoxy) is 2. The van der Waals surface area contributed by atoms with Gasteiger partial charge in [-0.05, 0) is 12.8 Å².